The van der Waals surface area contributed by atoms with E-state index in [4.69, 9.17) is 0 Å². The summed E-state index contributed by atoms with van der Waals surface area (Å²) in [6.45, 7) is 4.07. The molecule has 0 aliphatic carbocycles. The van der Waals surface area contributed by atoms with Crippen molar-refractivity contribution in [1.29, 1.82) is 0 Å². The van der Waals surface area contributed by atoms with Gasteiger partial charge in [0.25, 0.3) is 0 Å². The van der Waals surface area contributed by atoms with Gasteiger partial charge in [0.15, 0.2) is 0 Å². The highest BCUT2D eigenvalue weighted by molar-refractivity contribution is 7.89. The van der Waals surface area contributed by atoms with Crippen molar-refractivity contribution in [3.05, 3.63) is 41.5 Å². The van der Waals surface area contributed by atoms with Crippen molar-refractivity contribution in [2.75, 3.05) is 19.6 Å². The summed E-state index contributed by atoms with van der Waals surface area (Å²) >= 11 is 0. The number of halogens is 1. The first kappa shape index (κ1) is 16.2. The van der Waals surface area contributed by atoms with Crippen LogP contribution in [-0.2, 0) is 10.0 Å². The highest BCUT2D eigenvalue weighted by atomic mass is 35.5. The minimum Gasteiger partial charge on any atom is -0.313 e. The summed E-state index contributed by atoms with van der Waals surface area (Å²) in [4.78, 5) is 0.322. The molecule has 1 heterocycles. The Balaban J connectivity index is 0.00000180. The molecule has 0 spiro atoms. The zero-order valence-corrected chi connectivity index (χ0v) is 12.5. The van der Waals surface area contributed by atoms with Crippen LogP contribution in [0.3, 0.4) is 0 Å². The van der Waals surface area contributed by atoms with E-state index in [2.05, 4.69) is 10.0 Å². The van der Waals surface area contributed by atoms with Crippen molar-refractivity contribution in [3.8, 4) is 0 Å². The van der Waals surface area contributed by atoms with E-state index in [0.29, 0.717) is 11.4 Å². The number of benzene rings is 1. The molecule has 0 saturated carbocycles. The Kier molecular flexibility index (Phi) is 6.00. The summed E-state index contributed by atoms with van der Waals surface area (Å²) < 4.78 is 26.7. The van der Waals surface area contributed by atoms with Crippen LogP contribution in [0.1, 0.15) is 12.0 Å². The van der Waals surface area contributed by atoms with Gasteiger partial charge in [0, 0.05) is 13.1 Å². The number of nitrogens with one attached hydrogen (secondary N) is 2. The molecule has 106 valence electrons. The lowest BCUT2D eigenvalue weighted by Crippen LogP contribution is -2.29. The predicted octanol–water partition coefficient (Wildman–Crippen LogP) is 1.61. The Labute approximate surface area is 120 Å². The van der Waals surface area contributed by atoms with Gasteiger partial charge in [0.1, 0.15) is 0 Å². The second-order valence-electron chi connectivity index (χ2n) is 4.45. The third-order valence-electron chi connectivity index (χ3n) is 2.98. The van der Waals surface area contributed by atoms with Gasteiger partial charge in [-0.2, -0.15) is 0 Å². The maximum absolute atomic E-state index is 12.0. The summed E-state index contributed by atoms with van der Waals surface area (Å²) in [7, 11) is -3.39. The Hall–Kier alpha value is -0.880. The van der Waals surface area contributed by atoms with Crippen LogP contribution in [0.2, 0.25) is 0 Å². The molecule has 4 nitrogen and oxygen atoms in total. The van der Waals surface area contributed by atoms with Crippen LogP contribution >= 0.6 is 12.4 Å². The van der Waals surface area contributed by atoms with Gasteiger partial charge >= 0.3 is 0 Å². The van der Waals surface area contributed by atoms with E-state index >= 15 is 0 Å². The molecule has 0 unspecified atom stereocenters. The normalized spacial score (nSPS) is 15.5. The lowest BCUT2D eigenvalue weighted by molar-refractivity contribution is 0.582. The molecule has 0 amide bonds. The largest absolute Gasteiger partial charge is 0.313 e. The molecule has 6 heteroatoms. The van der Waals surface area contributed by atoms with Crippen molar-refractivity contribution in [3.63, 3.8) is 0 Å². The number of hydrogen-bond acceptors (Lipinski definition) is 3. The average molecular weight is 303 g/mol. The molecule has 0 fully saturated rings. The van der Waals surface area contributed by atoms with E-state index < -0.39 is 10.0 Å². The van der Waals surface area contributed by atoms with Crippen LogP contribution in [0.4, 0.5) is 0 Å². The van der Waals surface area contributed by atoms with Crippen molar-refractivity contribution in [1.82, 2.24) is 10.0 Å². The second kappa shape index (κ2) is 7.05. The summed E-state index contributed by atoms with van der Waals surface area (Å²) in [6, 6.07) is 6.87. The fraction of sp³-hybridized carbons (Fsp3) is 0.385. The zero-order valence-electron chi connectivity index (χ0n) is 10.8. The van der Waals surface area contributed by atoms with Crippen LogP contribution < -0.4 is 10.0 Å². The SMILES string of the molecule is Cc1ccc(S(=O)(=O)NCC2=CCNCC2)cc1.Cl. The van der Waals surface area contributed by atoms with Gasteiger partial charge in [0.05, 0.1) is 4.90 Å². The first-order valence-electron chi connectivity index (χ1n) is 6.03. The summed E-state index contributed by atoms with van der Waals surface area (Å²) in [6.07, 6.45) is 2.94. The highest BCUT2D eigenvalue weighted by Crippen LogP contribution is 2.11. The molecule has 1 aromatic rings. The lowest BCUT2D eigenvalue weighted by atomic mass is 10.1. The van der Waals surface area contributed by atoms with Crippen LogP contribution in [0.15, 0.2) is 40.8 Å². The van der Waals surface area contributed by atoms with Crippen molar-refractivity contribution >= 4 is 22.4 Å². The molecule has 0 atom stereocenters. The average Bonchev–Trinajstić information content (AvgIpc) is 2.38. The third kappa shape index (κ3) is 4.62. The summed E-state index contributed by atoms with van der Waals surface area (Å²) in [5, 5.41) is 3.20. The highest BCUT2D eigenvalue weighted by Gasteiger charge is 2.14. The van der Waals surface area contributed by atoms with E-state index in [1.165, 1.54) is 0 Å². The van der Waals surface area contributed by atoms with Gasteiger partial charge in [-0.3, -0.25) is 0 Å². The standard InChI is InChI=1S/C13H18N2O2S.ClH/c1-11-2-4-13(5-3-11)18(16,17)15-10-12-6-8-14-9-7-12;/h2-6,14-15H,7-10H2,1H3;1H. The van der Waals surface area contributed by atoms with E-state index in [9.17, 15) is 8.42 Å². The Morgan fingerprint density at radius 1 is 1.26 bits per heavy atom. The maximum atomic E-state index is 12.0. The molecule has 0 bridgehead atoms. The quantitative estimate of drug-likeness (QED) is 0.831. The molecule has 1 aliphatic rings. The van der Waals surface area contributed by atoms with E-state index in [1.807, 2.05) is 13.0 Å². The zero-order chi connectivity index (χ0) is 13.0. The first-order chi connectivity index (χ1) is 8.58. The monoisotopic (exact) mass is 302 g/mol. The fourth-order valence-electron chi connectivity index (χ4n) is 1.82. The smallest absolute Gasteiger partial charge is 0.240 e. The molecule has 1 aromatic carbocycles. The van der Waals surface area contributed by atoms with Gasteiger partial charge in [0.2, 0.25) is 10.0 Å². The van der Waals surface area contributed by atoms with Gasteiger partial charge in [-0.25, -0.2) is 13.1 Å². The molecule has 1 aliphatic heterocycles. The molecule has 0 aromatic heterocycles. The van der Waals surface area contributed by atoms with Crippen LogP contribution in [-0.4, -0.2) is 28.1 Å². The van der Waals surface area contributed by atoms with Crippen molar-refractivity contribution in [2.24, 2.45) is 0 Å². The molecule has 2 N–H and O–H groups in total. The fourth-order valence-corrected chi connectivity index (χ4v) is 2.86. The molecule has 0 saturated heterocycles. The summed E-state index contributed by atoms with van der Waals surface area (Å²) in [5.74, 6) is 0. The molecule has 0 radical (unpaired) electrons. The van der Waals surface area contributed by atoms with Crippen LogP contribution in [0.25, 0.3) is 0 Å². The predicted molar refractivity (Wildman–Crippen MR) is 79.2 cm³/mol. The number of aryl methyl sites for hydroxylation is 1. The third-order valence-corrected chi connectivity index (χ3v) is 4.40. The number of sulfonamides is 1. The molecule has 19 heavy (non-hydrogen) atoms. The van der Waals surface area contributed by atoms with E-state index in [0.717, 1.165) is 30.6 Å². The van der Waals surface area contributed by atoms with Crippen LogP contribution in [0.5, 0.6) is 0 Å². The van der Waals surface area contributed by atoms with Gasteiger partial charge < -0.3 is 5.32 Å². The van der Waals surface area contributed by atoms with Gasteiger partial charge in [-0.15, -0.1) is 12.4 Å². The summed E-state index contributed by atoms with van der Waals surface area (Å²) in [5.41, 5.74) is 2.19. The van der Waals surface area contributed by atoms with E-state index in [1.54, 1.807) is 24.3 Å². The Morgan fingerprint density at radius 2 is 1.95 bits per heavy atom. The van der Waals surface area contributed by atoms with Crippen LogP contribution in [0, 0.1) is 6.92 Å². The van der Waals surface area contributed by atoms with Crippen molar-refractivity contribution < 1.29 is 8.42 Å². The molecule has 2 rings (SSSR count). The molecular weight excluding hydrogens is 284 g/mol. The Morgan fingerprint density at radius 3 is 2.53 bits per heavy atom. The number of hydrogen-bond donors (Lipinski definition) is 2. The van der Waals surface area contributed by atoms with Gasteiger partial charge in [-0.1, -0.05) is 29.3 Å². The van der Waals surface area contributed by atoms with Crippen molar-refractivity contribution in [2.45, 2.75) is 18.2 Å². The minimum atomic E-state index is -3.39. The minimum absolute atomic E-state index is 0. The van der Waals surface area contributed by atoms with Gasteiger partial charge in [-0.05, 0) is 32.0 Å². The lowest BCUT2D eigenvalue weighted by Gasteiger charge is -2.14. The number of rotatable bonds is 4. The van der Waals surface area contributed by atoms with E-state index in [-0.39, 0.29) is 12.4 Å². The topological polar surface area (TPSA) is 58.2 Å². The Bertz CT molecular complexity index is 538. The molecular formula is C13H19ClN2O2S. The first-order valence-corrected chi connectivity index (χ1v) is 7.51. The second-order valence-corrected chi connectivity index (χ2v) is 6.22. The maximum Gasteiger partial charge on any atom is 0.240 e.